The molecule has 0 fully saturated rings. The zero-order valence-electron chi connectivity index (χ0n) is 5.82. The van der Waals surface area contributed by atoms with Crippen molar-refractivity contribution in [3.05, 3.63) is 20.8 Å². The van der Waals surface area contributed by atoms with Gasteiger partial charge in [0.1, 0.15) is 5.67 Å². The molecule has 0 amide bonds. The van der Waals surface area contributed by atoms with E-state index in [2.05, 4.69) is 15.9 Å². The number of alkyl halides is 1. The molecule has 0 aliphatic heterocycles. The molecule has 0 atom stereocenters. The fourth-order valence-corrected chi connectivity index (χ4v) is 2.62. The van der Waals surface area contributed by atoms with E-state index in [1.54, 1.807) is 13.8 Å². The fraction of sp³-hybridized carbons (Fsp3) is 0.429. The van der Waals surface area contributed by atoms with Gasteiger partial charge in [0.25, 0.3) is 0 Å². The average molecular weight is 223 g/mol. The van der Waals surface area contributed by atoms with Crippen molar-refractivity contribution in [2.24, 2.45) is 0 Å². The summed E-state index contributed by atoms with van der Waals surface area (Å²) < 4.78 is 14.1. The summed E-state index contributed by atoms with van der Waals surface area (Å²) >= 11 is 4.78. The van der Waals surface area contributed by atoms with Crippen molar-refractivity contribution in [3.63, 3.8) is 0 Å². The van der Waals surface area contributed by atoms with Crippen LogP contribution in [0, 0.1) is 0 Å². The van der Waals surface area contributed by atoms with Gasteiger partial charge in [-0.05, 0) is 35.2 Å². The van der Waals surface area contributed by atoms with Gasteiger partial charge in [0.15, 0.2) is 0 Å². The van der Waals surface area contributed by atoms with Crippen molar-refractivity contribution in [1.82, 2.24) is 0 Å². The van der Waals surface area contributed by atoms with E-state index in [4.69, 9.17) is 0 Å². The zero-order valence-corrected chi connectivity index (χ0v) is 8.22. The van der Waals surface area contributed by atoms with Crippen LogP contribution in [0.5, 0.6) is 0 Å². The summed E-state index contributed by atoms with van der Waals surface area (Å²) in [6.45, 7) is 3.11. The second kappa shape index (κ2) is 2.62. The number of hydrogen-bond acceptors (Lipinski definition) is 1. The largest absolute Gasteiger partial charge is 0.239 e. The highest BCUT2D eigenvalue weighted by Gasteiger charge is 2.21. The molecule has 1 rings (SSSR count). The van der Waals surface area contributed by atoms with Crippen molar-refractivity contribution in [1.29, 1.82) is 0 Å². The van der Waals surface area contributed by atoms with Gasteiger partial charge in [-0.3, -0.25) is 0 Å². The molecule has 0 nitrogen and oxygen atoms in total. The monoisotopic (exact) mass is 222 g/mol. The van der Waals surface area contributed by atoms with Crippen LogP contribution in [0.25, 0.3) is 0 Å². The predicted molar refractivity (Wildman–Crippen MR) is 46.2 cm³/mol. The molecule has 0 aliphatic carbocycles. The minimum absolute atomic E-state index is 0.734. The van der Waals surface area contributed by atoms with Crippen molar-refractivity contribution in [2.75, 3.05) is 0 Å². The minimum Gasteiger partial charge on any atom is -0.239 e. The van der Waals surface area contributed by atoms with E-state index in [-0.39, 0.29) is 0 Å². The maximum Gasteiger partial charge on any atom is 0.132 e. The fourth-order valence-electron chi connectivity index (χ4n) is 0.706. The van der Waals surface area contributed by atoms with Crippen LogP contribution in [0.1, 0.15) is 19.4 Å². The molecule has 0 radical (unpaired) electrons. The molecule has 0 saturated carbocycles. The molecule has 1 heterocycles. The molecule has 1 aromatic rings. The van der Waals surface area contributed by atoms with Gasteiger partial charge in [-0.2, -0.15) is 11.3 Å². The van der Waals surface area contributed by atoms with Gasteiger partial charge in [-0.15, -0.1) is 0 Å². The Morgan fingerprint density at radius 3 is 2.30 bits per heavy atom. The normalized spacial score (nSPS) is 12.0. The Balaban J connectivity index is 3.05. The van der Waals surface area contributed by atoms with E-state index in [0.29, 0.717) is 0 Å². The Kier molecular flexibility index (Phi) is 2.15. The van der Waals surface area contributed by atoms with Crippen LogP contribution in [0.4, 0.5) is 4.39 Å². The summed E-state index contributed by atoms with van der Waals surface area (Å²) in [5, 5.41) is 3.71. The van der Waals surface area contributed by atoms with Crippen LogP contribution in [0.15, 0.2) is 15.2 Å². The van der Waals surface area contributed by atoms with E-state index in [0.717, 1.165) is 10.0 Å². The molecular weight excluding hydrogens is 215 g/mol. The average Bonchev–Trinajstić information content (AvgIpc) is 2.11. The quantitative estimate of drug-likeness (QED) is 0.680. The number of rotatable bonds is 1. The Morgan fingerprint density at radius 1 is 1.50 bits per heavy atom. The van der Waals surface area contributed by atoms with Gasteiger partial charge < -0.3 is 0 Å². The molecule has 56 valence electrons. The molecule has 10 heavy (non-hydrogen) atoms. The van der Waals surface area contributed by atoms with E-state index in [1.807, 2.05) is 10.8 Å². The van der Waals surface area contributed by atoms with Gasteiger partial charge >= 0.3 is 0 Å². The van der Waals surface area contributed by atoms with E-state index in [9.17, 15) is 4.39 Å². The first kappa shape index (κ1) is 8.21. The van der Waals surface area contributed by atoms with Crippen LogP contribution in [0.3, 0.4) is 0 Å². The van der Waals surface area contributed by atoms with Crippen molar-refractivity contribution >= 4 is 27.3 Å². The summed E-state index contributed by atoms with van der Waals surface area (Å²) in [5.41, 5.74) is -0.490. The molecule has 3 heteroatoms. The highest BCUT2D eigenvalue weighted by atomic mass is 79.9. The van der Waals surface area contributed by atoms with Crippen LogP contribution in [0.2, 0.25) is 0 Å². The first-order valence-electron chi connectivity index (χ1n) is 2.93. The Bertz CT molecular complexity index is 224. The number of halogens is 2. The summed E-state index contributed by atoms with van der Waals surface area (Å²) in [7, 11) is 0. The first-order chi connectivity index (χ1) is 4.52. The standard InChI is InChI=1S/C7H8BrFS/c1-7(2,9)5-3-10-4-6(5)8/h3-4H,1-2H3. The van der Waals surface area contributed by atoms with E-state index < -0.39 is 5.67 Å². The maximum absolute atomic E-state index is 13.2. The van der Waals surface area contributed by atoms with Gasteiger partial charge in [0, 0.05) is 15.4 Å². The minimum atomic E-state index is -1.22. The molecule has 0 unspecified atom stereocenters. The Labute approximate surface area is 72.2 Å². The predicted octanol–water partition coefficient (Wildman–Crippen LogP) is 3.72. The topological polar surface area (TPSA) is 0 Å². The SMILES string of the molecule is CC(C)(F)c1cscc1Br. The molecule has 0 spiro atoms. The summed E-state index contributed by atoms with van der Waals surface area (Å²) in [5.74, 6) is 0. The summed E-state index contributed by atoms with van der Waals surface area (Å²) in [6.07, 6.45) is 0. The maximum atomic E-state index is 13.2. The lowest BCUT2D eigenvalue weighted by Gasteiger charge is -2.12. The van der Waals surface area contributed by atoms with Crippen LogP contribution < -0.4 is 0 Å². The Hall–Kier alpha value is 0.110. The third-order valence-corrected chi connectivity index (χ3v) is 2.96. The third-order valence-electron chi connectivity index (χ3n) is 1.26. The van der Waals surface area contributed by atoms with Gasteiger partial charge in [-0.25, -0.2) is 4.39 Å². The lowest BCUT2D eigenvalue weighted by Crippen LogP contribution is -2.07. The van der Waals surface area contributed by atoms with Crippen molar-refractivity contribution in [2.45, 2.75) is 19.5 Å². The summed E-state index contributed by atoms with van der Waals surface area (Å²) in [4.78, 5) is 0. The molecule has 0 aromatic carbocycles. The first-order valence-corrected chi connectivity index (χ1v) is 4.66. The van der Waals surface area contributed by atoms with Gasteiger partial charge in [0.05, 0.1) is 0 Å². The molecule has 0 saturated heterocycles. The lowest BCUT2D eigenvalue weighted by atomic mass is 10.1. The van der Waals surface area contributed by atoms with Crippen LogP contribution in [-0.4, -0.2) is 0 Å². The lowest BCUT2D eigenvalue weighted by molar-refractivity contribution is 0.221. The summed E-state index contributed by atoms with van der Waals surface area (Å²) in [6, 6.07) is 0. The third kappa shape index (κ3) is 1.58. The molecular formula is C7H8BrFS. The van der Waals surface area contributed by atoms with Crippen molar-refractivity contribution < 1.29 is 4.39 Å². The second-order valence-corrected chi connectivity index (χ2v) is 4.20. The highest BCUT2D eigenvalue weighted by Crippen LogP contribution is 2.33. The number of hydrogen-bond donors (Lipinski definition) is 0. The van der Waals surface area contributed by atoms with Crippen LogP contribution in [-0.2, 0) is 5.67 Å². The zero-order chi connectivity index (χ0) is 7.78. The van der Waals surface area contributed by atoms with Gasteiger partial charge in [-0.1, -0.05) is 0 Å². The van der Waals surface area contributed by atoms with E-state index >= 15 is 0 Å². The highest BCUT2D eigenvalue weighted by molar-refractivity contribution is 9.10. The Morgan fingerprint density at radius 2 is 2.10 bits per heavy atom. The molecule has 0 aliphatic rings. The molecule has 0 N–H and O–H groups in total. The van der Waals surface area contributed by atoms with Crippen LogP contribution >= 0.6 is 27.3 Å². The number of thiophene rings is 1. The van der Waals surface area contributed by atoms with Crippen molar-refractivity contribution in [3.8, 4) is 0 Å². The molecule has 1 aromatic heterocycles. The smallest absolute Gasteiger partial charge is 0.132 e. The van der Waals surface area contributed by atoms with Gasteiger partial charge in [0.2, 0.25) is 0 Å². The molecule has 0 bridgehead atoms. The second-order valence-electron chi connectivity index (χ2n) is 2.61. The van der Waals surface area contributed by atoms with E-state index in [1.165, 1.54) is 11.3 Å².